The van der Waals surface area contributed by atoms with Crippen LogP contribution in [0.5, 0.6) is 0 Å². The molecule has 1 aliphatic heterocycles. The van der Waals surface area contributed by atoms with E-state index < -0.39 is 5.69 Å². The highest BCUT2D eigenvalue weighted by atomic mass is 35.5. The smallest absolute Gasteiger partial charge is 0.332 e. The van der Waals surface area contributed by atoms with Gasteiger partial charge in [0.15, 0.2) is 11.2 Å². The molecule has 0 spiro atoms. The Kier molecular flexibility index (Phi) is 4.79. The number of hydrogen-bond donors (Lipinski definition) is 0. The van der Waals surface area contributed by atoms with Gasteiger partial charge in [0.25, 0.3) is 5.56 Å². The van der Waals surface area contributed by atoms with Crippen molar-refractivity contribution in [2.45, 2.75) is 45.9 Å². The highest BCUT2D eigenvalue weighted by molar-refractivity contribution is 6.30. The van der Waals surface area contributed by atoms with Gasteiger partial charge in [0.05, 0.1) is 19.2 Å². The van der Waals surface area contributed by atoms with Crippen molar-refractivity contribution in [2.75, 3.05) is 6.61 Å². The summed E-state index contributed by atoms with van der Waals surface area (Å²) in [5, 5.41) is 0.607. The van der Waals surface area contributed by atoms with E-state index in [2.05, 4.69) is 4.57 Å². The summed E-state index contributed by atoms with van der Waals surface area (Å²) in [7, 11) is 1.65. The molecular weight excluding hydrogens is 418 g/mol. The van der Waals surface area contributed by atoms with Gasteiger partial charge in [0.2, 0.25) is 5.78 Å². The van der Waals surface area contributed by atoms with Crippen molar-refractivity contribution in [1.29, 1.82) is 0 Å². The van der Waals surface area contributed by atoms with E-state index in [1.54, 1.807) is 19.2 Å². The Morgan fingerprint density at radius 3 is 2.55 bits per heavy atom. The SMILES string of the molecule is Cc1c(C)n2c3c(=O)n(Cc4ccc(Cl)cc4)c(=O)n(C)c3nc2n1C[C@H]1CCCO1. The van der Waals surface area contributed by atoms with Crippen LogP contribution in [0.3, 0.4) is 0 Å². The summed E-state index contributed by atoms with van der Waals surface area (Å²) in [5.41, 5.74) is 2.86. The highest BCUT2D eigenvalue weighted by Crippen LogP contribution is 2.23. The summed E-state index contributed by atoms with van der Waals surface area (Å²) < 4.78 is 12.5. The summed E-state index contributed by atoms with van der Waals surface area (Å²) in [4.78, 5) is 31.2. The molecule has 0 radical (unpaired) electrons. The van der Waals surface area contributed by atoms with E-state index in [9.17, 15) is 9.59 Å². The predicted molar refractivity (Wildman–Crippen MR) is 119 cm³/mol. The molecule has 4 heterocycles. The Balaban J connectivity index is 1.73. The van der Waals surface area contributed by atoms with Gasteiger partial charge in [-0.3, -0.25) is 18.3 Å². The van der Waals surface area contributed by atoms with E-state index in [-0.39, 0.29) is 18.2 Å². The van der Waals surface area contributed by atoms with Crippen molar-refractivity contribution in [3.05, 3.63) is 67.1 Å². The van der Waals surface area contributed by atoms with Gasteiger partial charge in [0.1, 0.15) is 0 Å². The summed E-state index contributed by atoms with van der Waals surface area (Å²) in [6, 6.07) is 7.14. The van der Waals surface area contributed by atoms with Crippen molar-refractivity contribution in [1.82, 2.24) is 23.1 Å². The quantitative estimate of drug-likeness (QED) is 0.488. The molecule has 1 saturated heterocycles. The molecule has 5 rings (SSSR count). The number of halogens is 1. The maximum Gasteiger partial charge on any atom is 0.332 e. The molecule has 4 aromatic rings. The van der Waals surface area contributed by atoms with E-state index in [1.165, 1.54) is 9.13 Å². The van der Waals surface area contributed by atoms with Gasteiger partial charge in [-0.2, -0.15) is 4.98 Å². The number of aromatic nitrogens is 5. The van der Waals surface area contributed by atoms with Crippen LogP contribution in [0.4, 0.5) is 0 Å². The lowest BCUT2D eigenvalue weighted by Crippen LogP contribution is -2.39. The van der Waals surface area contributed by atoms with E-state index in [0.29, 0.717) is 28.5 Å². The van der Waals surface area contributed by atoms with Crippen molar-refractivity contribution in [2.24, 2.45) is 7.05 Å². The molecule has 0 saturated carbocycles. The molecular formula is C22H24ClN5O3. The third-order valence-electron chi connectivity index (χ3n) is 6.29. The number of benzene rings is 1. The Morgan fingerprint density at radius 1 is 1.13 bits per heavy atom. The van der Waals surface area contributed by atoms with Crippen LogP contribution in [0.2, 0.25) is 5.02 Å². The number of aryl methyl sites for hydroxylation is 2. The van der Waals surface area contributed by atoms with Crippen LogP contribution in [0.1, 0.15) is 29.8 Å². The molecule has 0 bridgehead atoms. The standard InChI is InChI=1S/C22H24ClN5O3/c1-13-14(2)28-18-19(24-21(28)26(13)12-17-5-4-10-31-17)25(3)22(30)27(20(18)29)11-15-6-8-16(23)9-7-15/h6-9,17H,4-5,10-12H2,1-3H3/t17-/m1/s1. The molecule has 162 valence electrons. The molecule has 1 aliphatic rings. The zero-order valence-corrected chi connectivity index (χ0v) is 18.5. The fraction of sp³-hybridized carbons (Fsp3) is 0.409. The minimum atomic E-state index is -0.395. The van der Waals surface area contributed by atoms with Crippen LogP contribution in [-0.2, 0) is 24.9 Å². The van der Waals surface area contributed by atoms with Gasteiger partial charge in [-0.1, -0.05) is 23.7 Å². The molecule has 1 fully saturated rings. The molecule has 0 aliphatic carbocycles. The molecule has 9 heteroatoms. The average molecular weight is 442 g/mol. The zero-order chi connectivity index (χ0) is 21.9. The monoisotopic (exact) mass is 441 g/mol. The third-order valence-corrected chi connectivity index (χ3v) is 6.55. The van der Waals surface area contributed by atoms with Crippen molar-refractivity contribution in [3.63, 3.8) is 0 Å². The van der Waals surface area contributed by atoms with Gasteiger partial charge in [-0.05, 0) is 44.4 Å². The maximum absolute atomic E-state index is 13.5. The van der Waals surface area contributed by atoms with Crippen molar-refractivity contribution < 1.29 is 4.74 Å². The first kappa shape index (κ1) is 20.1. The number of nitrogens with zero attached hydrogens (tertiary/aromatic N) is 5. The van der Waals surface area contributed by atoms with Crippen molar-refractivity contribution in [3.8, 4) is 0 Å². The Labute approximate surface area is 183 Å². The second-order valence-corrected chi connectivity index (χ2v) is 8.63. The van der Waals surface area contributed by atoms with Crippen LogP contribution in [0, 0.1) is 13.8 Å². The van der Waals surface area contributed by atoms with E-state index in [4.69, 9.17) is 21.3 Å². The predicted octanol–water partition coefficient (Wildman–Crippen LogP) is 2.65. The minimum absolute atomic E-state index is 0.138. The van der Waals surface area contributed by atoms with E-state index in [1.807, 2.05) is 30.4 Å². The topological polar surface area (TPSA) is 75.5 Å². The lowest BCUT2D eigenvalue weighted by molar-refractivity contribution is 0.0974. The highest BCUT2D eigenvalue weighted by Gasteiger charge is 2.25. The molecule has 31 heavy (non-hydrogen) atoms. The molecule has 1 atom stereocenters. The number of ether oxygens (including phenoxy) is 1. The van der Waals surface area contributed by atoms with Crippen molar-refractivity contribution >= 4 is 28.5 Å². The number of imidazole rings is 2. The number of rotatable bonds is 4. The largest absolute Gasteiger partial charge is 0.376 e. The third kappa shape index (κ3) is 3.13. The van der Waals surface area contributed by atoms with E-state index >= 15 is 0 Å². The first-order valence-corrected chi connectivity index (χ1v) is 10.8. The van der Waals surface area contributed by atoms with Gasteiger partial charge >= 0.3 is 5.69 Å². The van der Waals surface area contributed by atoms with Crippen LogP contribution in [0.15, 0.2) is 33.9 Å². The Morgan fingerprint density at radius 2 is 1.87 bits per heavy atom. The van der Waals surface area contributed by atoms with Crippen LogP contribution in [0.25, 0.3) is 16.9 Å². The summed E-state index contributed by atoms with van der Waals surface area (Å²) in [6.07, 6.45) is 2.20. The molecule has 8 nitrogen and oxygen atoms in total. The van der Waals surface area contributed by atoms with E-state index in [0.717, 1.165) is 36.4 Å². The number of fused-ring (bicyclic) bond motifs is 3. The Bertz CT molecular complexity index is 1420. The molecule has 1 aromatic carbocycles. The van der Waals surface area contributed by atoms with Crippen LogP contribution in [-0.4, -0.2) is 35.8 Å². The summed E-state index contributed by atoms with van der Waals surface area (Å²) in [6.45, 7) is 5.63. The normalized spacial score (nSPS) is 16.7. The van der Waals surface area contributed by atoms with Crippen LogP contribution < -0.4 is 11.2 Å². The number of hydrogen-bond acceptors (Lipinski definition) is 4. The first-order valence-electron chi connectivity index (χ1n) is 10.4. The van der Waals surface area contributed by atoms with Crippen LogP contribution >= 0.6 is 11.6 Å². The second-order valence-electron chi connectivity index (χ2n) is 8.20. The van der Waals surface area contributed by atoms with Gasteiger partial charge in [-0.25, -0.2) is 4.79 Å². The fourth-order valence-electron chi connectivity index (χ4n) is 4.44. The summed E-state index contributed by atoms with van der Waals surface area (Å²) >= 11 is 5.97. The second kappa shape index (κ2) is 7.39. The first-order chi connectivity index (χ1) is 14.9. The average Bonchev–Trinajstić information content (AvgIpc) is 3.46. The zero-order valence-electron chi connectivity index (χ0n) is 17.8. The molecule has 0 amide bonds. The minimum Gasteiger partial charge on any atom is -0.376 e. The fourth-order valence-corrected chi connectivity index (χ4v) is 4.56. The Hall–Kier alpha value is -2.84. The lowest BCUT2D eigenvalue weighted by atomic mass is 10.2. The lowest BCUT2D eigenvalue weighted by Gasteiger charge is -2.12. The molecule has 0 unspecified atom stereocenters. The van der Waals surface area contributed by atoms with Gasteiger partial charge < -0.3 is 9.30 Å². The summed E-state index contributed by atoms with van der Waals surface area (Å²) in [5.74, 6) is 0.664. The van der Waals surface area contributed by atoms with Gasteiger partial charge in [0, 0.05) is 30.1 Å². The van der Waals surface area contributed by atoms with Gasteiger partial charge in [-0.15, -0.1) is 0 Å². The maximum atomic E-state index is 13.5. The molecule has 0 N–H and O–H groups in total. The molecule has 3 aromatic heterocycles.